The van der Waals surface area contributed by atoms with Crippen molar-refractivity contribution >= 4 is 36.2 Å². The van der Waals surface area contributed by atoms with Crippen LogP contribution in [-0.2, 0) is 81.2 Å². The lowest BCUT2D eigenvalue weighted by Gasteiger charge is -2.34. The molecule has 3 aromatic heterocycles. The monoisotopic (exact) mass is 1580 g/mol. The first-order valence-electron chi connectivity index (χ1n) is 34.8. The average Bonchev–Trinajstić information content (AvgIpc) is 1.10. The first-order chi connectivity index (χ1) is 50.8. The van der Waals surface area contributed by atoms with Crippen LogP contribution < -0.4 is 5.32 Å². The molecule has 0 unspecified atom stereocenters. The van der Waals surface area contributed by atoms with Gasteiger partial charge in [-0.1, -0.05) is 25.6 Å². The van der Waals surface area contributed by atoms with E-state index in [0.717, 1.165) is 54.2 Å². The number of hydrogen-bond acceptors (Lipinski definition) is 14. The summed E-state index contributed by atoms with van der Waals surface area (Å²) in [6.07, 6.45) is -11.1. The van der Waals surface area contributed by atoms with Gasteiger partial charge < -0.3 is 44.0 Å². The molecule has 4 N–H and O–H groups in total. The van der Waals surface area contributed by atoms with E-state index < -0.39 is 117 Å². The molecule has 6 aliphatic rings. The molecule has 22 nitrogen and oxygen atoms in total. The van der Waals surface area contributed by atoms with Crippen LogP contribution in [0.4, 0.5) is 80.2 Å². The molecule has 6 aromatic rings. The lowest BCUT2D eigenvalue weighted by atomic mass is 9.85. The first kappa shape index (κ1) is 87.6. The normalized spacial score (nSPS) is 16.6. The number of fused-ring (bicyclic) bond motifs is 3. The van der Waals surface area contributed by atoms with E-state index in [2.05, 4.69) is 35.9 Å². The minimum absolute atomic E-state index is 0. The van der Waals surface area contributed by atoms with Gasteiger partial charge in [-0.05, 0) is 185 Å². The summed E-state index contributed by atoms with van der Waals surface area (Å²) in [7, 11) is 0. The Labute approximate surface area is 623 Å². The third-order valence-electron chi connectivity index (χ3n) is 18.5. The van der Waals surface area contributed by atoms with Crippen molar-refractivity contribution in [2.75, 3.05) is 58.9 Å². The number of halogens is 15. The van der Waals surface area contributed by atoms with Crippen molar-refractivity contribution in [2.24, 2.45) is 0 Å². The summed E-state index contributed by atoms with van der Waals surface area (Å²) < 4.78 is 217. The van der Waals surface area contributed by atoms with Gasteiger partial charge in [0.25, 0.3) is 11.8 Å². The predicted octanol–water partition coefficient (Wildman–Crippen LogP) is 15.2. The molecule has 3 aromatic carbocycles. The lowest BCUT2D eigenvalue weighted by molar-refractivity contribution is -0.191. The summed E-state index contributed by atoms with van der Waals surface area (Å²) >= 11 is 0. The van der Waals surface area contributed by atoms with Crippen molar-refractivity contribution in [3.8, 4) is 0 Å². The zero-order valence-corrected chi connectivity index (χ0v) is 61.0. The topological polar surface area (TPSA) is 261 Å². The van der Waals surface area contributed by atoms with Gasteiger partial charge in [-0.3, -0.25) is 24.9 Å². The van der Waals surface area contributed by atoms with E-state index in [1.165, 1.54) is 20.3 Å². The summed E-state index contributed by atoms with van der Waals surface area (Å²) in [5.74, 6) is -12.8. The third-order valence-corrected chi connectivity index (χ3v) is 18.5. The van der Waals surface area contributed by atoms with E-state index >= 15 is 0 Å². The van der Waals surface area contributed by atoms with Crippen molar-refractivity contribution in [2.45, 2.75) is 200 Å². The number of alkyl halides is 9. The zero-order valence-electron chi connectivity index (χ0n) is 61.0. The van der Waals surface area contributed by atoms with Gasteiger partial charge >= 0.3 is 43.0 Å². The number of H-pyrrole nitrogens is 3. The van der Waals surface area contributed by atoms with Crippen molar-refractivity contribution in [1.82, 2.24) is 60.4 Å². The number of piperidine rings is 3. The van der Waals surface area contributed by atoms with E-state index in [1.807, 2.05) is 27.0 Å². The summed E-state index contributed by atoms with van der Waals surface area (Å²) in [5.41, 5.74) is -1.41. The highest BCUT2D eigenvalue weighted by Gasteiger charge is 2.45. The van der Waals surface area contributed by atoms with E-state index in [9.17, 15) is 89.8 Å². The van der Waals surface area contributed by atoms with Gasteiger partial charge in [-0.25, -0.2) is 40.7 Å². The van der Waals surface area contributed by atoms with Crippen LogP contribution in [0.2, 0.25) is 0 Å². The van der Waals surface area contributed by atoms with E-state index in [0.29, 0.717) is 68.1 Å². The molecule has 12 rings (SSSR count). The fraction of sp³-hybridized carbons (Fsp3) is 0.548. The second-order valence-corrected chi connectivity index (χ2v) is 29.6. The Bertz CT molecular complexity index is 4260. The van der Waals surface area contributed by atoms with Crippen molar-refractivity contribution in [3.63, 3.8) is 0 Å². The van der Waals surface area contributed by atoms with Crippen LogP contribution in [0, 0.1) is 34.9 Å². The highest BCUT2D eigenvalue weighted by Crippen LogP contribution is 2.45. The second kappa shape index (κ2) is 35.6. The summed E-state index contributed by atoms with van der Waals surface area (Å²) in [6.45, 7) is 20.4. The summed E-state index contributed by atoms with van der Waals surface area (Å²) in [5, 5.41) is 24.0. The Hall–Kier alpha value is -9.67. The van der Waals surface area contributed by atoms with Gasteiger partial charge in [-0.2, -0.15) is 64.4 Å². The maximum atomic E-state index is 14.0. The van der Waals surface area contributed by atoms with Crippen LogP contribution in [0.1, 0.15) is 214 Å². The predicted molar refractivity (Wildman–Crippen MR) is 363 cm³/mol. The molecule has 37 heteroatoms. The third kappa shape index (κ3) is 22.1. The van der Waals surface area contributed by atoms with Gasteiger partial charge in [0.1, 0.15) is 16.8 Å². The fourth-order valence-electron chi connectivity index (χ4n) is 13.5. The number of aromatic amines is 3. The molecule has 604 valence electrons. The average molecular weight is 1580 g/mol. The summed E-state index contributed by atoms with van der Waals surface area (Å²) in [4.78, 5) is 86.1. The summed E-state index contributed by atoms with van der Waals surface area (Å²) in [6, 6.07) is 5.09. The molecular formula is C73H87F15N12O10. The quantitative estimate of drug-likeness (QED) is 0.0924. The molecule has 6 aliphatic heterocycles. The van der Waals surface area contributed by atoms with E-state index in [-0.39, 0.29) is 138 Å². The molecule has 110 heavy (non-hydrogen) atoms. The number of carbonyl (C=O) groups excluding carboxylic acids is 7. The maximum absolute atomic E-state index is 14.0. The SMILES string of the molecule is C.CC(C)(C)OC(=O)N1CCC(c2ccc(F)c(F)c2C(F)(F)F)CC1.CC(C)(C)OC(=O)N1CCc2c(C(=O)N3CCC(c4ccc(F)c(F)c4C(F)(F)F)CC3)n[nH]c2C1.CC(C)(C)OC(=O)N1CCc2cn[nH]c2C1.O=C(c1n[nH]c2c1CCNC2)N1CCC(c2ccc(F)c(F)c2C(F)(F)F)CC1.O=C=O. The van der Waals surface area contributed by atoms with Crippen LogP contribution in [0.25, 0.3) is 0 Å². The van der Waals surface area contributed by atoms with Crippen LogP contribution in [0.3, 0.4) is 0 Å². The maximum Gasteiger partial charge on any atom is 0.419 e. The van der Waals surface area contributed by atoms with Gasteiger partial charge in [0.2, 0.25) is 0 Å². The lowest BCUT2D eigenvalue weighted by Crippen LogP contribution is -2.41. The van der Waals surface area contributed by atoms with Gasteiger partial charge in [0.05, 0.1) is 53.1 Å². The first-order valence-corrected chi connectivity index (χ1v) is 34.8. The number of hydrogen-bond donors (Lipinski definition) is 4. The number of nitrogens with one attached hydrogen (secondary N) is 4. The molecule has 0 radical (unpaired) electrons. The number of benzene rings is 3. The van der Waals surface area contributed by atoms with E-state index in [4.69, 9.17) is 23.8 Å². The number of likely N-dealkylation sites (tertiary alicyclic amines) is 3. The number of ether oxygens (including phenoxy) is 3. The highest BCUT2D eigenvalue weighted by molar-refractivity contribution is 5.95. The van der Waals surface area contributed by atoms with Crippen molar-refractivity contribution in [3.05, 3.63) is 156 Å². The number of nitrogens with zero attached hydrogens (tertiary/aromatic N) is 8. The van der Waals surface area contributed by atoms with Crippen molar-refractivity contribution in [1.29, 1.82) is 0 Å². The molecule has 3 saturated heterocycles. The van der Waals surface area contributed by atoms with Crippen LogP contribution >= 0.6 is 0 Å². The molecule has 0 bridgehead atoms. The van der Waals surface area contributed by atoms with Gasteiger partial charge in [0, 0.05) is 70.0 Å². The number of rotatable bonds is 5. The van der Waals surface area contributed by atoms with Crippen LogP contribution in [-0.4, -0.2) is 167 Å². The van der Waals surface area contributed by atoms with Crippen LogP contribution in [0.15, 0.2) is 42.6 Å². The Morgan fingerprint density at radius 2 is 0.764 bits per heavy atom. The molecule has 0 atom stereocenters. The van der Waals surface area contributed by atoms with Crippen molar-refractivity contribution < 1.29 is 114 Å². The molecule has 0 spiro atoms. The molecule has 0 aliphatic carbocycles. The molecule has 9 heterocycles. The zero-order chi connectivity index (χ0) is 80.6. The Kier molecular flexibility index (Phi) is 28.3. The Morgan fingerprint density at radius 3 is 1.13 bits per heavy atom. The Morgan fingerprint density at radius 1 is 0.436 bits per heavy atom. The highest BCUT2D eigenvalue weighted by atomic mass is 19.4. The minimum atomic E-state index is -5.03. The van der Waals surface area contributed by atoms with Gasteiger partial charge in [-0.15, -0.1) is 0 Å². The fourth-order valence-corrected chi connectivity index (χ4v) is 13.5. The Balaban J connectivity index is 0.000000207. The minimum Gasteiger partial charge on any atom is -0.444 e. The number of carbonyl (C=O) groups is 5. The molecular weight excluding hydrogens is 1490 g/mol. The van der Waals surface area contributed by atoms with Crippen LogP contribution in [0.5, 0.6) is 0 Å². The van der Waals surface area contributed by atoms with Gasteiger partial charge in [0.15, 0.2) is 46.3 Å². The standard InChI is InChI=1S/C24H27F5N4O3.C19H19F5N4O.C17H20F5NO2.C11H17N3O2.CO2.CH4/c1-23(2,3)36-22(35)33-11-8-15-17(12-33)30-31-20(15)21(34)32-9-6-13(7-10-32)14-4-5-16(25)19(26)18(14)24(27,28)29;20-13-2-1-11(15(16(13)21)19(22,23)24)10-4-7-28(8-5-10)18(29)17-12-3-6-25-9-14(12)26-27-17;1-16(2,3)25-15(24)23-8-6-10(7-9-23)11-4-5-12(18)14(19)13(11)17(20,21)22;1-11(2,3)16-10(15)14-5-4-8-6-12-13-9(8)7-14;2-1-3;/h4-5,13H,6-12H2,1-3H3,(H,30,31);1-2,10,25H,3-9H2,(H,26,27);4-5,10H,6-9H2,1-3H3;6H,4-5,7H2,1-3H3,(H,12,13);;1H4. The van der Waals surface area contributed by atoms with E-state index in [1.54, 1.807) is 51.3 Å². The smallest absolute Gasteiger partial charge is 0.419 e. The number of amides is 5. The molecule has 5 amide bonds. The largest absolute Gasteiger partial charge is 0.444 e. The molecule has 3 fully saturated rings. The number of aromatic nitrogens is 6. The second-order valence-electron chi connectivity index (χ2n) is 29.6. The molecule has 0 saturated carbocycles.